The van der Waals surface area contributed by atoms with E-state index in [0.29, 0.717) is 0 Å². The molecule has 0 saturated carbocycles. The third-order valence-corrected chi connectivity index (χ3v) is 11.1. The van der Waals surface area contributed by atoms with Gasteiger partial charge in [-0.25, -0.2) is 5.43 Å². The molecule has 9 rings (SSSR count). The lowest BCUT2D eigenvalue weighted by atomic mass is 10.0. The number of nitrogens with zero attached hydrogens (tertiary/aromatic N) is 1. The summed E-state index contributed by atoms with van der Waals surface area (Å²) in [6, 6.07) is 50.2. The number of anilines is 1. The number of thiophene rings is 2. The van der Waals surface area contributed by atoms with E-state index in [1.165, 1.54) is 62.6 Å². The van der Waals surface area contributed by atoms with E-state index in [1.807, 2.05) is 22.7 Å². The van der Waals surface area contributed by atoms with E-state index in [1.54, 1.807) is 0 Å². The molecule has 0 aliphatic carbocycles. The fraction of sp³-hybridized carbons (Fsp3) is 0.0769. The van der Waals surface area contributed by atoms with Gasteiger partial charge in [-0.05, 0) is 41.0 Å². The second kappa shape index (κ2) is 11.1. The number of hydrogen-bond donors (Lipinski definition) is 3. The van der Waals surface area contributed by atoms with E-state index in [0.717, 1.165) is 12.2 Å². The summed E-state index contributed by atoms with van der Waals surface area (Å²) in [6.07, 6.45) is -0.0290. The van der Waals surface area contributed by atoms with Gasteiger partial charge < -0.3 is 5.32 Å². The van der Waals surface area contributed by atoms with Crippen LogP contribution >= 0.6 is 22.7 Å². The van der Waals surface area contributed by atoms with Crippen LogP contribution in [0.1, 0.15) is 17.3 Å². The molecular formula is C39H30N4S2. The van der Waals surface area contributed by atoms with Crippen LogP contribution in [0, 0.1) is 0 Å². The molecule has 3 unspecified atom stereocenters. The van der Waals surface area contributed by atoms with E-state index in [9.17, 15) is 0 Å². The van der Waals surface area contributed by atoms with Crippen molar-refractivity contribution >= 4 is 68.7 Å². The summed E-state index contributed by atoms with van der Waals surface area (Å²) in [6.45, 7) is 0.729. The Morgan fingerprint density at radius 3 is 2.09 bits per heavy atom. The van der Waals surface area contributed by atoms with Crippen molar-refractivity contribution in [1.82, 2.24) is 15.8 Å². The summed E-state index contributed by atoms with van der Waals surface area (Å²) in [7, 11) is 0. The van der Waals surface area contributed by atoms with Gasteiger partial charge in [0.25, 0.3) is 0 Å². The number of hydrazine groups is 1. The van der Waals surface area contributed by atoms with E-state index in [4.69, 9.17) is 0 Å². The monoisotopic (exact) mass is 618 g/mol. The standard InChI is InChI=1S/C39H30N4S2/c1-3-12-25(13-4-1)31-22-32-29-18-8-9-20-34(29)44-36(32)23-33(31)41-39(43-38(42-43)26-14-5-2-6-15-26)40-24-27-16-11-19-30-28-17-7-10-21-35(28)45-37(27)30/h1-23,38-42H,24H2. The van der Waals surface area contributed by atoms with Crippen LogP contribution in [0.15, 0.2) is 140 Å². The molecule has 3 N–H and O–H groups in total. The zero-order valence-corrected chi connectivity index (χ0v) is 26.0. The van der Waals surface area contributed by atoms with Crippen molar-refractivity contribution in [3.63, 3.8) is 0 Å². The topological polar surface area (TPSA) is 49.0 Å². The molecule has 0 spiro atoms. The maximum atomic E-state index is 3.95. The van der Waals surface area contributed by atoms with Crippen LogP contribution in [0.2, 0.25) is 0 Å². The van der Waals surface area contributed by atoms with Crippen molar-refractivity contribution in [3.8, 4) is 11.1 Å². The highest BCUT2D eigenvalue weighted by atomic mass is 32.1. The van der Waals surface area contributed by atoms with Crippen LogP contribution in [0.5, 0.6) is 0 Å². The molecular weight excluding hydrogens is 589 g/mol. The fourth-order valence-electron chi connectivity index (χ4n) is 6.47. The molecule has 1 aliphatic heterocycles. The van der Waals surface area contributed by atoms with Crippen molar-refractivity contribution in [1.29, 1.82) is 0 Å². The first-order valence-corrected chi connectivity index (χ1v) is 16.9. The maximum absolute atomic E-state index is 3.95. The zero-order chi connectivity index (χ0) is 29.7. The predicted molar refractivity (Wildman–Crippen MR) is 193 cm³/mol. The predicted octanol–water partition coefficient (Wildman–Crippen LogP) is 10.1. The molecule has 8 aromatic rings. The van der Waals surface area contributed by atoms with E-state index >= 15 is 0 Å². The summed E-state index contributed by atoms with van der Waals surface area (Å²) in [4.78, 5) is 0. The third kappa shape index (κ3) is 4.88. The Morgan fingerprint density at radius 1 is 0.622 bits per heavy atom. The van der Waals surface area contributed by atoms with E-state index in [2.05, 4.69) is 161 Å². The normalized spacial score (nSPS) is 16.9. The number of hydrogen-bond acceptors (Lipinski definition) is 6. The molecule has 0 amide bonds. The molecule has 2 aromatic heterocycles. The van der Waals surface area contributed by atoms with Gasteiger partial charge in [0.2, 0.25) is 0 Å². The smallest absolute Gasteiger partial charge is 0.149 e. The minimum absolute atomic E-state index is 0.129. The molecule has 3 heterocycles. The number of benzene rings is 6. The first-order valence-electron chi connectivity index (χ1n) is 15.3. The minimum atomic E-state index is -0.158. The highest BCUT2D eigenvalue weighted by Gasteiger charge is 2.41. The van der Waals surface area contributed by atoms with Crippen molar-refractivity contribution in [2.75, 3.05) is 5.32 Å². The van der Waals surface area contributed by atoms with Gasteiger partial charge >= 0.3 is 0 Å². The molecule has 45 heavy (non-hydrogen) atoms. The van der Waals surface area contributed by atoms with Gasteiger partial charge in [-0.1, -0.05) is 115 Å². The van der Waals surface area contributed by atoms with Crippen LogP contribution < -0.4 is 16.1 Å². The number of rotatable bonds is 8. The number of nitrogens with one attached hydrogen (secondary N) is 3. The SMILES string of the molecule is c1ccc(-c2cc3c(cc2NC(NCc2cccc4c2sc2ccccc24)N2NC2c2ccccc2)sc2ccccc23)cc1. The first kappa shape index (κ1) is 26.8. The molecule has 3 atom stereocenters. The van der Waals surface area contributed by atoms with Gasteiger partial charge in [0.1, 0.15) is 12.5 Å². The van der Waals surface area contributed by atoms with Crippen LogP contribution in [0.3, 0.4) is 0 Å². The lowest BCUT2D eigenvalue weighted by Crippen LogP contribution is -2.43. The molecule has 4 nitrogen and oxygen atoms in total. The second-order valence-electron chi connectivity index (χ2n) is 11.5. The van der Waals surface area contributed by atoms with Crippen LogP contribution in [-0.4, -0.2) is 11.3 Å². The Hall–Kier alpha value is -4.56. The molecule has 218 valence electrons. The molecule has 1 saturated heterocycles. The Labute approximate surface area is 269 Å². The van der Waals surface area contributed by atoms with Gasteiger partial charge in [-0.3, -0.25) is 5.32 Å². The van der Waals surface area contributed by atoms with Gasteiger partial charge in [0.15, 0.2) is 0 Å². The minimum Gasteiger partial charge on any atom is -0.356 e. The molecule has 1 fully saturated rings. The lowest BCUT2D eigenvalue weighted by molar-refractivity contribution is 0.322. The van der Waals surface area contributed by atoms with Crippen molar-refractivity contribution < 1.29 is 0 Å². The largest absolute Gasteiger partial charge is 0.356 e. The number of fused-ring (bicyclic) bond motifs is 6. The average molecular weight is 619 g/mol. The van der Waals surface area contributed by atoms with Gasteiger partial charge in [-0.15, -0.1) is 22.7 Å². The second-order valence-corrected chi connectivity index (χ2v) is 13.7. The van der Waals surface area contributed by atoms with E-state index < -0.39 is 0 Å². The summed E-state index contributed by atoms with van der Waals surface area (Å²) in [5.41, 5.74) is 9.70. The maximum Gasteiger partial charge on any atom is 0.149 e. The molecule has 6 heteroatoms. The molecule has 0 bridgehead atoms. The molecule has 0 radical (unpaired) electrons. The third-order valence-electron chi connectivity index (χ3n) is 8.74. The zero-order valence-electron chi connectivity index (χ0n) is 24.4. The lowest BCUT2D eigenvalue weighted by Gasteiger charge is -2.24. The first-order chi connectivity index (χ1) is 22.3. The van der Waals surface area contributed by atoms with E-state index in [-0.39, 0.29) is 12.5 Å². The Kier molecular flexibility index (Phi) is 6.62. The summed E-state index contributed by atoms with van der Waals surface area (Å²) in [5.74, 6) is 0. The van der Waals surface area contributed by atoms with Crippen molar-refractivity contribution in [2.24, 2.45) is 0 Å². The summed E-state index contributed by atoms with van der Waals surface area (Å²) >= 11 is 3.73. The highest BCUT2D eigenvalue weighted by Crippen LogP contribution is 2.41. The van der Waals surface area contributed by atoms with Gasteiger partial charge in [-0.2, -0.15) is 5.01 Å². The van der Waals surface area contributed by atoms with Gasteiger partial charge in [0, 0.05) is 58.1 Å². The molecule has 1 aliphatic rings. The van der Waals surface area contributed by atoms with Crippen LogP contribution in [0.4, 0.5) is 5.69 Å². The van der Waals surface area contributed by atoms with Crippen LogP contribution in [-0.2, 0) is 6.54 Å². The van der Waals surface area contributed by atoms with Crippen molar-refractivity contribution in [3.05, 3.63) is 151 Å². The van der Waals surface area contributed by atoms with Crippen LogP contribution in [0.25, 0.3) is 51.5 Å². The Balaban J connectivity index is 1.12. The Bertz CT molecular complexity index is 2310. The summed E-state index contributed by atoms with van der Waals surface area (Å²) in [5, 5.41) is 15.4. The van der Waals surface area contributed by atoms with Gasteiger partial charge in [0.05, 0.1) is 0 Å². The summed E-state index contributed by atoms with van der Waals surface area (Å²) < 4.78 is 5.27. The Morgan fingerprint density at radius 2 is 1.29 bits per heavy atom. The van der Waals surface area contributed by atoms with Crippen molar-refractivity contribution in [2.45, 2.75) is 19.0 Å². The molecule has 6 aromatic carbocycles. The quantitative estimate of drug-likeness (QED) is 0.117. The highest BCUT2D eigenvalue weighted by molar-refractivity contribution is 7.26. The average Bonchev–Trinajstić information content (AvgIpc) is 3.68. The fourth-order valence-corrected chi connectivity index (χ4v) is 8.81.